The second-order valence-electron chi connectivity index (χ2n) is 4.73. The number of esters is 1. The number of aromatic nitrogens is 3. The lowest BCUT2D eigenvalue weighted by Gasteiger charge is -2.33. The smallest absolute Gasteiger partial charge is 0.330 e. The molecule has 0 saturated carbocycles. The number of carbonyl (C=O) groups is 1. The molecule has 0 aromatic carbocycles. The van der Waals surface area contributed by atoms with E-state index in [-0.39, 0.29) is 12.0 Å². The van der Waals surface area contributed by atoms with Crippen LogP contribution < -0.4 is 10.2 Å². The van der Waals surface area contributed by atoms with Crippen molar-refractivity contribution in [2.75, 3.05) is 31.1 Å². The van der Waals surface area contributed by atoms with Crippen molar-refractivity contribution in [2.24, 2.45) is 0 Å². The molecular formula is C13H16BrN5O2. The number of rotatable bonds is 3. The normalized spacial score (nSPS) is 19.0. The number of hydrogen-bond acceptors (Lipinski definition) is 6. The average Bonchev–Trinajstić information content (AvgIpc) is 2.90. The van der Waals surface area contributed by atoms with Gasteiger partial charge in [-0.15, -0.1) is 5.10 Å². The first kappa shape index (κ1) is 14.3. The molecule has 7 nitrogen and oxygen atoms in total. The zero-order valence-corrected chi connectivity index (χ0v) is 13.2. The fourth-order valence-corrected chi connectivity index (χ4v) is 2.69. The second kappa shape index (κ2) is 5.98. The van der Waals surface area contributed by atoms with Gasteiger partial charge in [-0.2, -0.15) is 4.98 Å². The monoisotopic (exact) mass is 353 g/mol. The predicted octanol–water partition coefficient (Wildman–Crippen LogP) is 0.833. The molecule has 3 heterocycles. The van der Waals surface area contributed by atoms with Crippen LogP contribution in [-0.4, -0.2) is 52.9 Å². The lowest BCUT2D eigenvalue weighted by Crippen LogP contribution is -2.56. The minimum absolute atomic E-state index is 0.246. The van der Waals surface area contributed by atoms with E-state index in [0.29, 0.717) is 25.6 Å². The average molecular weight is 354 g/mol. The van der Waals surface area contributed by atoms with E-state index in [1.165, 1.54) is 0 Å². The summed E-state index contributed by atoms with van der Waals surface area (Å²) in [7, 11) is 0. The number of piperazine rings is 1. The van der Waals surface area contributed by atoms with E-state index in [2.05, 4.69) is 31.3 Å². The quantitative estimate of drug-likeness (QED) is 0.824. The number of pyridine rings is 1. The number of halogens is 1. The lowest BCUT2D eigenvalue weighted by atomic mass is 10.2. The third kappa shape index (κ3) is 2.86. The maximum absolute atomic E-state index is 12.1. The molecule has 1 fully saturated rings. The van der Waals surface area contributed by atoms with Gasteiger partial charge in [-0.25, -0.2) is 9.31 Å². The van der Waals surface area contributed by atoms with Gasteiger partial charge in [-0.05, 0) is 35.0 Å². The number of fused-ring (bicyclic) bond motifs is 1. The van der Waals surface area contributed by atoms with Crippen molar-refractivity contribution in [2.45, 2.75) is 13.0 Å². The maximum Gasteiger partial charge on any atom is 0.330 e. The Morgan fingerprint density at radius 2 is 2.43 bits per heavy atom. The van der Waals surface area contributed by atoms with Crippen molar-refractivity contribution in [3.8, 4) is 0 Å². The Balaban J connectivity index is 1.92. The summed E-state index contributed by atoms with van der Waals surface area (Å²) in [6.07, 6.45) is 1.84. The molecule has 0 spiro atoms. The molecule has 1 aliphatic heterocycles. The summed E-state index contributed by atoms with van der Waals surface area (Å²) in [5, 5.41) is 7.66. The molecule has 0 aliphatic carbocycles. The third-order valence-electron chi connectivity index (χ3n) is 3.34. The van der Waals surface area contributed by atoms with Gasteiger partial charge in [0.1, 0.15) is 6.04 Å². The maximum atomic E-state index is 12.1. The van der Waals surface area contributed by atoms with E-state index in [4.69, 9.17) is 4.74 Å². The van der Waals surface area contributed by atoms with Crippen LogP contribution in [0.15, 0.2) is 22.8 Å². The van der Waals surface area contributed by atoms with Gasteiger partial charge >= 0.3 is 5.97 Å². The highest BCUT2D eigenvalue weighted by Gasteiger charge is 2.32. The van der Waals surface area contributed by atoms with Gasteiger partial charge in [-0.1, -0.05) is 0 Å². The first-order valence-electron chi connectivity index (χ1n) is 6.85. The van der Waals surface area contributed by atoms with Crippen LogP contribution in [0.5, 0.6) is 0 Å². The van der Waals surface area contributed by atoms with Gasteiger partial charge in [0, 0.05) is 30.3 Å². The van der Waals surface area contributed by atoms with E-state index < -0.39 is 0 Å². The predicted molar refractivity (Wildman–Crippen MR) is 81.3 cm³/mol. The van der Waals surface area contributed by atoms with Crippen molar-refractivity contribution < 1.29 is 9.53 Å². The van der Waals surface area contributed by atoms with Crippen LogP contribution in [0.3, 0.4) is 0 Å². The van der Waals surface area contributed by atoms with Crippen molar-refractivity contribution in [3.05, 3.63) is 22.8 Å². The Bertz CT molecular complexity index is 659. The molecule has 1 unspecified atom stereocenters. The van der Waals surface area contributed by atoms with Gasteiger partial charge in [0.2, 0.25) is 5.95 Å². The summed E-state index contributed by atoms with van der Waals surface area (Å²) in [4.78, 5) is 18.5. The Hall–Kier alpha value is -1.67. The topological polar surface area (TPSA) is 71.8 Å². The van der Waals surface area contributed by atoms with E-state index in [1.807, 2.05) is 23.2 Å². The lowest BCUT2D eigenvalue weighted by molar-refractivity contribution is -0.144. The van der Waals surface area contributed by atoms with Crippen LogP contribution in [0.2, 0.25) is 0 Å². The number of anilines is 1. The van der Waals surface area contributed by atoms with Gasteiger partial charge in [0.25, 0.3) is 0 Å². The molecule has 1 saturated heterocycles. The van der Waals surface area contributed by atoms with Crippen molar-refractivity contribution in [3.63, 3.8) is 0 Å². The zero-order valence-electron chi connectivity index (χ0n) is 11.6. The number of carbonyl (C=O) groups excluding carboxylic acids is 1. The van der Waals surface area contributed by atoms with Crippen LogP contribution in [0.4, 0.5) is 5.95 Å². The van der Waals surface area contributed by atoms with Gasteiger partial charge in [0.05, 0.1) is 6.61 Å². The van der Waals surface area contributed by atoms with Crippen LogP contribution in [0.25, 0.3) is 5.65 Å². The number of hydrogen-bond donors (Lipinski definition) is 1. The number of ether oxygens (including phenoxy) is 1. The fourth-order valence-electron chi connectivity index (χ4n) is 2.36. The summed E-state index contributed by atoms with van der Waals surface area (Å²) in [5.74, 6) is 0.303. The van der Waals surface area contributed by atoms with Gasteiger partial charge in [0.15, 0.2) is 5.65 Å². The Morgan fingerprint density at radius 1 is 1.57 bits per heavy atom. The van der Waals surface area contributed by atoms with Gasteiger partial charge in [-0.3, -0.25) is 0 Å². The minimum Gasteiger partial charge on any atom is -0.464 e. The van der Waals surface area contributed by atoms with E-state index >= 15 is 0 Å². The Morgan fingerprint density at radius 3 is 3.24 bits per heavy atom. The molecule has 2 aromatic heterocycles. The second-order valence-corrected chi connectivity index (χ2v) is 5.64. The van der Waals surface area contributed by atoms with Crippen LogP contribution in [-0.2, 0) is 9.53 Å². The summed E-state index contributed by atoms with van der Waals surface area (Å²) >= 11 is 3.41. The molecule has 3 rings (SSSR count). The van der Waals surface area contributed by atoms with Gasteiger partial charge < -0.3 is 15.0 Å². The Kier molecular flexibility index (Phi) is 4.07. The first-order chi connectivity index (χ1) is 10.2. The molecule has 8 heteroatoms. The van der Waals surface area contributed by atoms with Crippen LogP contribution >= 0.6 is 15.9 Å². The molecule has 0 amide bonds. The molecule has 112 valence electrons. The summed E-state index contributed by atoms with van der Waals surface area (Å²) in [6.45, 7) is 4.17. The highest BCUT2D eigenvalue weighted by molar-refractivity contribution is 9.10. The zero-order chi connectivity index (χ0) is 14.8. The van der Waals surface area contributed by atoms with Crippen LogP contribution in [0.1, 0.15) is 6.92 Å². The molecular weight excluding hydrogens is 338 g/mol. The van der Waals surface area contributed by atoms with E-state index in [0.717, 1.165) is 16.7 Å². The van der Waals surface area contributed by atoms with Crippen molar-refractivity contribution >= 4 is 33.5 Å². The Labute approximate surface area is 130 Å². The standard InChI is InChI=1S/C13H16BrN5O2/c1-2-21-12(20)10-7-15-5-6-18(10)13-16-11-4-3-9(14)8-19(11)17-13/h3-4,8,10,15H,2,5-7H2,1H3. The highest BCUT2D eigenvalue weighted by Crippen LogP contribution is 2.18. The van der Waals surface area contributed by atoms with E-state index in [9.17, 15) is 4.79 Å². The third-order valence-corrected chi connectivity index (χ3v) is 3.81. The first-order valence-corrected chi connectivity index (χ1v) is 7.64. The highest BCUT2D eigenvalue weighted by atomic mass is 79.9. The fraction of sp³-hybridized carbons (Fsp3) is 0.462. The van der Waals surface area contributed by atoms with Crippen molar-refractivity contribution in [1.82, 2.24) is 19.9 Å². The molecule has 21 heavy (non-hydrogen) atoms. The molecule has 2 aromatic rings. The minimum atomic E-state index is -0.389. The number of nitrogens with one attached hydrogen (secondary N) is 1. The molecule has 0 radical (unpaired) electrons. The summed E-state index contributed by atoms with van der Waals surface area (Å²) < 4.78 is 7.76. The molecule has 1 N–H and O–H groups in total. The van der Waals surface area contributed by atoms with Crippen molar-refractivity contribution in [1.29, 1.82) is 0 Å². The van der Waals surface area contributed by atoms with Crippen LogP contribution in [0, 0.1) is 0 Å². The number of nitrogens with zero attached hydrogens (tertiary/aromatic N) is 4. The molecule has 1 atom stereocenters. The SMILES string of the molecule is CCOC(=O)C1CNCCN1c1nc2ccc(Br)cn2n1. The van der Waals surface area contributed by atoms with E-state index in [1.54, 1.807) is 11.4 Å². The molecule has 1 aliphatic rings. The summed E-state index contributed by atoms with van der Waals surface area (Å²) in [6, 6.07) is 3.40. The molecule has 0 bridgehead atoms. The summed E-state index contributed by atoms with van der Waals surface area (Å²) in [5.41, 5.74) is 0.745. The largest absolute Gasteiger partial charge is 0.464 e.